The van der Waals surface area contributed by atoms with Crippen LogP contribution in [0.15, 0.2) is 54.2 Å². The Morgan fingerprint density at radius 2 is 1.83 bits per heavy atom. The number of piperazine rings is 1. The van der Waals surface area contributed by atoms with E-state index < -0.39 is 0 Å². The molecule has 7 nitrogen and oxygen atoms in total. The number of anilines is 1. The summed E-state index contributed by atoms with van der Waals surface area (Å²) in [5.74, 6) is 1.17. The van der Waals surface area contributed by atoms with E-state index in [-0.39, 0.29) is 5.91 Å². The van der Waals surface area contributed by atoms with Gasteiger partial charge in [-0.25, -0.2) is 15.0 Å². The fourth-order valence-corrected chi connectivity index (χ4v) is 4.30. The molecule has 1 saturated heterocycles. The van der Waals surface area contributed by atoms with Gasteiger partial charge < -0.3 is 9.80 Å². The number of thioether (sulfide) groups is 1. The normalized spacial score (nSPS) is 14.3. The summed E-state index contributed by atoms with van der Waals surface area (Å²) in [6.07, 6.45) is 7.11. The van der Waals surface area contributed by atoms with Crippen molar-refractivity contribution >= 4 is 35.2 Å². The van der Waals surface area contributed by atoms with Crippen molar-refractivity contribution in [1.29, 1.82) is 0 Å². The molecule has 1 aliphatic rings. The maximum Gasteiger partial charge on any atom is 0.233 e. The van der Waals surface area contributed by atoms with E-state index in [0.29, 0.717) is 29.8 Å². The molecular formula is C20H21ClN6OS. The van der Waals surface area contributed by atoms with Crippen LogP contribution in [0, 0.1) is 6.92 Å². The van der Waals surface area contributed by atoms with E-state index in [1.165, 1.54) is 11.8 Å². The van der Waals surface area contributed by atoms with E-state index in [0.717, 1.165) is 29.5 Å². The second kappa shape index (κ2) is 8.84. The lowest BCUT2D eigenvalue weighted by molar-refractivity contribution is -0.128. The number of amides is 1. The Labute approximate surface area is 178 Å². The van der Waals surface area contributed by atoms with Crippen molar-refractivity contribution in [3.8, 4) is 5.69 Å². The molecule has 3 heterocycles. The summed E-state index contributed by atoms with van der Waals surface area (Å²) in [5.41, 5.74) is 1.96. The van der Waals surface area contributed by atoms with Crippen LogP contribution < -0.4 is 4.90 Å². The van der Waals surface area contributed by atoms with Crippen molar-refractivity contribution in [1.82, 2.24) is 24.4 Å². The van der Waals surface area contributed by atoms with Crippen molar-refractivity contribution in [3.05, 3.63) is 59.6 Å². The van der Waals surface area contributed by atoms with Crippen molar-refractivity contribution in [3.63, 3.8) is 0 Å². The molecule has 1 aromatic carbocycles. The van der Waals surface area contributed by atoms with Crippen LogP contribution in [0.3, 0.4) is 0 Å². The summed E-state index contributed by atoms with van der Waals surface area (Å²) in [6, 6.07) is 7.59. The number of aromatic nitrogens is 4. The Kier molecular flexibility index (Phi) is 6.01. The van der Waals surface area contributed by atoms with Gasteiger partial charge in [-0.3, -0.25) is 9.36 Å². The predicted molar refractivity (Wildman–Crippen MR) is 115 cm³/mol. The molecule has 0 bridgehead atoms. The van der Waals surface area contributed by atoms with E-state index in [1.54, 1.807) is 24.7 Å². The number of nitrogens with zero attached hydrogens (tertiary/aromatic N) is 6. The van der Waals surface area contributed by atoms with Crippen LogP contribution in [0.25, 0.3) is 5.69 Å². The highest BCUT2D eigenvalue weighted by molar-refractivity contribution is 7.99. The second-order valence-corrected chi connectivity index (χ2v) is 8.02. The minimum atomic E-state index is 0.112. The molecule has 3 aromatic rings. The number of carbonyl (C=O) groups excluding carboxylic acids is 1. The third-order valence-corrected chi connectivity index (χ3v) is 6.26. The van der Waals surface area contributed by atoms with Gasteiger partial charge in [-0.1, -0.05) is 29.4 Å². The first-order chi connectivity index (χ1) is 14.1. The topological polar surface area (TPSA) is 67.2 Å². The van der Waals surface area contributed by atoms with E-state index in [2.05, 4.69) is 19.9 Å². The van der Waals surface area contributed by atoms with Gasteiger partial charge in [0.15, 0.2) is 5.16 Å². The van der Waals surface area contributed by atoms with Gasteiger partial charge in [-0.05, 0) is 30.7 Å². The molecule has 0 N–H and O–H groups in total. The smallest absolute Gasteiger partial charge is 0.233 e. The van der Waals surface area contributed by atoms with E-state index in [1.807, 2.05) is 40.8 Å². The number of rotatable bonds is 5. The zero-order valence-electron chi connectivity index (χ0n) is 16.0. The zero-order valence-corrected chi connectivity index (χ0v) is 17.6. The summed E-state index contributed by atoms with van der Waals surface area (Å²) >= 11 is 7.70. The number of carbonyl (C=O) groups is 1. The van der Waals surface area contributed by atoms with Crippen molar-refractivity contribution in [2.75, 3.05) is 36.8 Å². The van der Waals surface area contributed by atoms with Gasteiger partial charge in [0.2, 0.25) is 11.9 Å². The third kappa shape index (κ3) is 4.38. The van der Waals surface area contributed by atoms with Crippen LogP contribution in [-0.4, -0.2) is 62.3 Å². The average Bonchev–Trinajstić information content (AvgIpc) is 3.23. The Morgan fingerprint density at radius 1 is 1.07 bits per heavy atom. The largest absolute Gasteiger partial charge is 0.338 e. The first kappa shape index (κ1) is 19.7. The summed E-state index contributed by atoms with van der Waals surface area (Å²) < 4.78 is 1.98. The van der Waals surface area contributed by atoms with Gasteiger partial charge in [0.1, 0.15) is 0 Å². The zero-order chi connectivity index (χ0) is 20.2. The van der Waals surface area contributed by atoms with Gasteiger partial charge in [0.05, 0.1) is 11.4 Å². The molecule has 9 heteroatoms. The van der Waals surface area contributed by atoms with E-state index >= 15 is 0 Å². The highest BCUT2D eigenvalue weighted by atomic mass is 35.5. The Hall–Kier alpha value is -2.58. The number of halogens is 1. The van der Waals surface area contributed by atoms with Crippen LogP contribution in [0.1, 0.15) is 5.56 Å². The quantitative estimate of drug-likeness (QED) is 0.582. The van der Waals surface area contributed by atoms with E-state index in [4.69, 9.17) is 11.6 Å². The summed E-state index contributed by atoms with van der Waals surface area (Å²) in [4.78, 5) is 29.7. The number of imidazole rings is 1. The van der Waals surface area contributed by atoms with Crippen LogP contribution in [0.2, 0.25) is 5.02 Å². The fraction of sp³-hybridized carbons (Fsp3) is 0.300. The molecule has 0 saturated carbocycles. The highest BCUT2D eigenvalue weighted by Crippen LogP contribution is 2.26. The summed E-state index contributed by atoms with van der Waals surface area (Å²) in [6.45, 7) is 4.78. The standard InChI is InChI=1S/C20H21ClN6OS/c1-15-16(21)4-2-5-17(15)27-9-8-24-20(27)29-14-18(28)25-10-12-26(13-11-25)19-22-6-3-7-23-19/h2-9H,10-14H2,1H3. The molecule has 2 aromatic heterocycles. The second-order valence-electron chi connectivity index (χ2n) is 6.67. The molecule has 29 heavy (non-hydrogen) atoms. The maximum absolute atomic E-state index is 12.7. The number of hydrogen-bond acceptors (Lipinski definition) is 6. The molecular weight excluding hydrogens is 408 g/mol. The first-order valence-electron chi connectivity index (χ1n) is 9.35. The third-order valence-electron chi connectivity index (χ3n) is 4.90. The van der Waals surface area contributed by atoms with Crippen LogP contribution in [0.4, 0.5) is 5.95 Å². The van der Waals surface area contributed by atoms with Crippen molar-refractivity contribution in [2.45, 2.75) is 12.1 Å². The first-order valence-corrected chi connectivity index (χ1v) is 10.7. The Balaban J connectivity index is 1.35. The predicted octanol–water partition coefficient (Wildman–Crippen LogP) is 3.07. The molecule has 150 valence electrons. The van der Waals surface area contributed by atoms with Crippen molar-refractivity contribution < 1.29 is 4.79 Å². The minimum Gasteiger partial charge on any atom is -0.338 e. The lowest BCUT2D eigenvalue weighted by atomic mass is 10.2. The Bertz CT molecular complexity index is 988. The van der Waals surface area contributed by atoms with Gasteiger partial charge in [0.25, 0.3) is 0 Å². The van der Waals surface area contributed by atoms with Crippen LogP contribution >= 0.6 is 23.4 Å². The van der Waals surface area contributed by atoms with Gasteiger partial charge in [-0.2, -0.15) is 0 Å². The maximum atomic E-state index is 12.7. The van der Waals surface area contributed by atoms with Gasteiger partial charge in [-0.15, -0.1) is 0 Å². The lowest BCUT2D eigenvalue weighted by Gasteiger charge is -2.34. The van der Waals surface area contributed by atoms with E-state index in [9.17, 15) is 4.79 Å². The van der Waals surface area contributed by atoms with Gasteiger partial charge in [0, 0.05) is 56.0 Å². The Morgan fingerprint density at radius 3 is 2.59 bits per heavy atom. The number of hydrogen-bond donors (Lipinski definition) is 0. The monoisotopic (exact) mass is 428 g/mol. The molecule has 0 radical (unpaired) electrons. The van der Waals surface area contributed by atoms with Crippen LogP contribution in [0.5, 0.6) is 0 Å². The minimum absolute atomic E-state index is 0.112. The molecule has 0 spiro atoms. The fourth-order valence-electron chi connectivity index (χ4n) is 3.26. The SMILES string of the molecule is Cc1c(Cl)cccc1-n1ccnc1SCC(=O)N1CCN(c2ncccn2)CC1. The molecule has 1 amide bonds. The lowest BCUT2D eigenvalue weighted by Crippen LogP contribution is -2.49. The summed E-state index contributed by atoms with van der Waals surface area (Å²) in [5, 5.41) is 1.49. The molecule has 0 unspecified atom stereocenters. The molecule has 4 rings (SSSR count). The van der Waals surface area contributed by atoms with Gasteiger partial charge >= 0.3 is 0 Å². The molecule has 1 fully saturated rings. The molecule has 0 atom stereocenters. The molecule has 1 aliphatic heterocycles. The molecule has 0 aliphatic carbocycles. The number of benzene rings is 1. The average molecular weight is 429 g/mol. The highest BCUT2D eigenvalue weighted by Gasteiger charge is 2.23. The van der Waals surface area contributed by atoms with Crippen molar-refractivity contribution in [2.24, 2.45) is 0 Å². The van der Waals surface area contributed by atoms with Crippen LogP contribution in [-0.2, 0) is 4.79 Å². The summed E-state index contributed by atoms with van der Waals surface area (Å²) in [7, 11) is 0.